The maximum absolute atomic E-state index is 12.7. The van der Waals surface area contributed by atoms with Gasteiger partial charge in [-0.05, 0) is 52.2 Å². The Morgan fingerprint density at radius 3 is 2.56 bits per heavy atom. The van der Waals surface area contributed by atoms with Crippen LogP contribution in [-0.2, 0) is 11.3 Å². The van der Waals surface area contributed by atoms with Gasteiger partial charge in [0.05, 0.1) is 0 Å². The Bertz CT molecular complexity index is 810. The molecule has 1 aromatic heterocycles. The molecular weight excluding hydrogens is 408 g/mol. The molecule has 1 aliphatic rings. The van der Waals surface area contributed by atoms with Crippen LogP contribution in [0, 0.1) is 0 Å². The van der Waals surface area contributed by atoms with Gasteiger partial charge in [0.1, 0.15) is 10.3 Å². The zero-order valence-electron chi connectivity index (χ0n) is 15.3. The Labute approximate surface area is 167 Å². The van der Waals surface area contributed by atoms with Gasteiger partial charge in [-0.2, -0.15) is 0 Å². The van der Waals surface area contributed by atoms with Crippen molar-refractivity contribution in [3.8, 4) is 0 Å². The monoisotopic (exact) mass is 430 g/mol. The molecule has 142 valence electrons. The van der Waals surface area contributed by atoms with Gasteiger partial charge in [0, 0.05) is 45.3 Å². The summed E-state index contributed by atoms with van der Waals surface area (Å²) in [6, 6.07) is 13.3. The lowest BCUT2D eigenvalue weighted by Crippen LogP contribution is -2.35. The minimum absolute atomic E-state index is 0.0159. The molecule has 2 heterocycles. The Morgan fingerprint density at radius 1 is 1.07 bits per heavy atom. The van der Waals surface area contributed by atoms with Crippen molar-refractivity contribution >= 4 is 33.4 Å². The van der Waals surface area contributed by atoms with Crippen LogP contribution in [0.15, 0.2) is 47.1 Å². The van der Waals surface area contributed by atoms with Crippen LogP contribution < -0.4 is 5.32 Å². The first-order valence-electron chi connectivity index (χ1n) is 9.02. The molecule has 0 aliphatic carbocycles. The Morgan fingerprint density at radius 2 is 1.85 bits per heavy atom. The van der Waals surface area contributed by atoms with Crippen molar-refractivity contribution in [2.45, 2.75) is 19.9 Å². The molecule has 0 spiro atoms. The molecule has 0 atom stereocenters. The number of carbonyl (C=O) groups is 2. The number of benzene rings is 1. The van der Waals surface area contributed by atoms with Crippen molar-refractivity contribution in [2.24, 2.45) is 0 Å². The van der Waals surface area contributed by atoms with Crippen LogP contribution in [0.3, 0.4) is 0 Å². The zero-order chi connectivity index (χ0) is 19.2. The number of hydrogen-bond acceptors (Lipinski definition) is 4. The van der Waals surface area contributed by atoms with Crippen molar-refractivity contribution in [3.05, 3.63) is 58.3 Å². The van der Waals surface area contributed by atoms with E-state index in [4.69, 9.17) is 0 Å². The SMILES string of the molecule is CC(=O)Nc1ccc(CN2CCCN(C(=O)c3cccc(Br)n3)CC2)cc1. The second-order valence-electron chi connectivity index (χ2n) is 6.65. The predicted octanol–water partition coefficient (Wildman–Crippen LogP) is 3.15. The highest BCUT2D eigenvalue weighted by Crippen LogP contribution is 2.15. The van der Waals surface area contributed by atoms with Crippen molar-refractivity contribution in [2.75, 3.05) is 31.5 Å². The molecule has 27 heavy (non-hydrogen) atoms. The number of nitrogens with one attached hydrogen (secondary N) is 1. The molecule has 0 unspecified atom stereocenters. The van der Waals surface area contributed by atoms with Crippen LogP contribution in [0.4, 0.5) is 5.69 Å². The van der Waals surface area contributed by atoms with Gasteiger partial charge in [-0.1, -0.05) is 18.2 Å². The van der Waals surface area contributed by atoms with E-state index in [0.717, 1.165) is 38.3 Å². The standard InChI is InChI=1S/C20H23BrN4O2/c1-15(26)22-17-8-6-16(7-9-17)14-24-10-3-11-25(13-12-24)20(27)18-4-2-5-19(21)23-18/h2,4-9H,3,10-14H2,1H3,(H,22,26). The number of nitrogens with zero attached hydrogens (tertiary/aromatic N) is 3. The highest BCUT2D eigenvalue weighted by atomic mass is 79.9. The van der Waals surface area contributed by atoms with E-state index in [1.807, 2.05) is 41.3 Å². The van der Waals surface area contributed by atoms with Gasteiger partial charge >= 0.3 is 0 Å². The molecule has 0 bridgehead atoms. The number of pyridine rings is 1. The Kier molecular flexibility index (Phi) is 6.58. The first kappa shape index (κ1) is 19.5. The number of hydrogen-bond donors (Lipinski definition) is 1. The van der Waals surface area contributed by atoms with Gasteiger partial charge in [0.25, 0.3) is 5.91 Å². The molecule has 3 rings (SSSR count). The fourth-order valence-electron chi connectivity index (χ4n) is 3.18. The maximum atomic E-state index is 12.7. The molecule has 1 aromatic carbocycles. The van der Waals surface area contributed by atoms with Crippen LogP contribution >= 0.6 is 15.9 Å². The van der Waals surface area contributed by atoms with Gasteiger partial charge in [-0.3, -0.25) is 14.5 Å². The lowest BCUT2D eigenvalue weighted by molar-refractivity contribution is -0.114. The van der Waals surface area contributed by atoms with Crippen molar-refractivity contribution < 1.29 is 9.59 Å². The Balaban J connectivity index is 1.56. The van der Waals surface area contributed by atoms with Crippen LogP contribution in [0.5, 0.6) is 0 Å². The molecule has 0 radical (unpaired) electrons. The van der Waals surface area contributed by atoms with Crippen LogP contribution in [0.25, 0.3) is 0 Å². The van der Waals surface area contributed by atoms with Crippen LogP contribution in [0.1, 0.15) is 29.4 Å². The summed E-state index contributed by atoms with van der Waals surface area (Å²) in [5.74, 6) is -0.0854. The maximum Gasteiger partial charge on any atom is 0.272 e. The number of aromatic nitrogens is 1. The summed E-state index contributed by atoms with van der Waals surface area (Å²) in [6.45, 7) is 5.54. The lowest BCUT2D eigenvalue weighted by Gasteiger charge is -2.22. The number of anilines is 1. The molecule has 1 aliphatic heterocycles. The first-order chi connectivity index (χ1) is 13.0. The molecular formula is C20H23BrN4O2. The largest absolute Gasteiger partial charge is 0.336 e. The lowest BCUT2D eigenvalue weighted by atomic mass is 10.2. The molecule has 0 saturated carbocycles. The summed E-state index contributed by atoms with van der Waals surface area (Å²) < 4.78 is 0.674. The van der Waals surface area contributed by atoms with Gasteiger partial charge in [0.2, 0.25) is 5.91 Å². The van der Waals surface area contributed by atoms with E-state index < -0.39 is 0 Å². The van der Waals surface area contributed by atoms with E-state index in [9.17, 15) is 9.59 Å². The summed E-state index contributed by atoms with van der Waals surface area (Å²) in [7, 11) is 0. The van der Waals surface area contributed by atoms with E-state index >= 15 is 0 Å². The molecule has 1 fully saturated rings. The molecule has 2 amide bonds. The van der Waals surface area contributed by atoms with E-state index in [-0.39, 0.29) is 11.8 Å². The van der Waals surface area contributed by atoms with E-state index in [0.29, 0.717) is 16.8 Å². The van der Waals surface area contributed by atoms with Crippen LogP contribution in [0.2, 0.25) is 0 Å². The molecule has 6 nitrogen and oxygen atoms in total. The zero-order valence-corrected chi connectivity index (χ0v) is 16.9. The third-order valence-corrected chi connectivity index (χ3v) is 4.93. The second-order valence-corrected chi connectivity index (χ2v) is 7.46. The van der Waals surface area contributed by atoms with E-state index in [1.54, 1.807) is 6.07 Å². The number of halogens is 1. The molecule has 2 aromatic rings. The molecule has 1 saturated heterocycles. The topological polar surface area (TPSA) is 65.5 Å². The minimum Gasteiger partial charge on any atom is -0.336 e. The predicted molar refractivity (Wildman–Crippen MR) is 108 cm³/mol. The van der Waals surface area contributed by atoms with Crippen molar-refractivity contribution in [1.29, 1.82) is 0 Å². The van der Waals surface area contributed by atoms with Crippen LogP contribution in [-0.4, -0.2) is 52.8 Å². The molecule has 1 N–H and O–H groups in total. The van der Waals surface area contributed by atoms with E-state index in [1.165, 1.54) is 12.5 Å². The normalized spacial score (nSPS) is 15.3. The summed E-state index contributed by atoms with van der Waals surface area (Å²) >= 11 is 3.32. The third kappa shape index (κ3) is 5.61. The summed E-state index contributed by atoms with van der Waals surface area (Å²) in [5.41, 5.74) is 2.48. The fraction of sp³-hybridized carbons (Fsp3) is 0.350. The number of carbonyl (C=O) groups excluding carboxylic acids is 2. The number of rotatable bonds is 4. The third-order valence-electron chi connectivity index (χ3n) is 4.49. The quantitative estimate of drug-likeness (QED) is 0.756. The Hall–Kier alpha value is -2.25. The van der Waals surface area contributed by atoms with Crippen molar-refractivity contribution in [1.82, 2.24) is 14.8 Å². The van der Waals surface area contributed by atoms with Gasteiger partial charge in [0.15, 0.2) is 0 Å². The smallest absolute Gasteiger partial charge is 0.272 e. The average Bonchev–Trinajstić information content (AvgIpc) is 2.88. The van der Waals surface area contributed by atoms with Gasteiger partial charge in [-0.15, -0.1) is 0 Å². The average molecular weight is 431 g/mol. The summed E-state index contributed by atoms with van der Waals surface area (Å²) in [4.78, 5) is 32.3. The summed E-state index contributed by atoms with van der Waals surface area (Å²) in [5, 5.41) is 2.78. The number of amides is 2. The second kappa shape index (κ2) is 9.10. The van der Waals surface area contributed by atoms with E-state index in [2.05, 4.69) is 31.1 Å². The first-order valence-corrected chi connectivity index (χ1v) is 9.81. The van der Waals surface area contributed by atoms with Crippen molar-refractivity contribution in [3.63, 3.8) is 0 Å². The minimum atomic E-state index is -0.0695. The van der Waals surface area contributed by atoms with Gasteiger partial charge < -0.3 is 10.2 Å². The summed E-state index contributed by atoms with van der Waals surface area (Å²) in [6.07, 6.45) is 0.934. The molecule has 7 heteroatoms. The fourth-order valence-corrected chi connectivity index (χ4v) is 3.52. The van der Waals surface area contributed by atoms with Gasteiger partial charge in [-0.25, -0.2) is 4.98 Å². The highest BCUT2D eigenvalue weighted by molar-refractivity contribution is 9.10. The highest BCUT2D eigenvalue weighted by Gasteiger charge is 2.21.